The fraction of sp³-hybridized carbons (Fsp3) is 0.300. The van der Waals surface area contributed by atoms with Gasteiger partial charge in [0.25, 0.3) is 0 Å². The molecule has 82 valence electrons. The van der Waals surface area contributed by atoms with Crippen LogP contribution in [0.2, 0.25) is 0 Å². The van der Waals surface area contributed by atoms with E-state index in [0.29, 0.717) is 15.6 Å². The molecule has 0 heterocycles. The predicted molar refractivity (Wildman–Crippen MR) is 57.5 cm³/mol. The van der Waals surface area contributed by atoms with Crippen LogP contribution in [-0.4, -0.2) is 23.3 Å². The highest BCUT2D eigenvalue weighted by Gasteiger charge is 2.23. The molecule has 0 spiro atoms. The fourth-order valence-corrected chi connectivity index (χ4v) is 1.90. The van der Waals surface area contributed by atoms with Crippen molar-refractivity contribution in [2.24, 2.45) is 0 Å². The zero-order valence-electron chi connectivity index (χ0n) is 8.32. The second kappa shape index (κ2) is 4.63. The molecule has 0 radical (unpaired) electrons. The molecular formula is C10H11BrO4. The minimum absolute atomic E-state index is 0.0291. The zero-order chi connectivity index (χ0) is 11.6. The van der Waals surface area contributed by atoms with Gasteiger partial charge in [-0.05, 0) is 34.5 Å². The molecule has 1 rings (SSSR count). The third-order valence-electron chi connectivity index (χ3n) is 2.08. The molecule has 0 aliphatic rings. The van der Waals surface area contributed by atoms with Gasteiger partial charge in [-0.3, -0.25) is 0 Å². The Morgan fingerprint density at radius 1 is 1.53 bits per heavy atom. The average molecular weight is 275 g/mol. The van der Waals surface area contributed by atoms with Crippen LogP contribution in [-0.2, 0) is 9.53 Å². The van der Waals surface area contributed by atoms with E-state index in [9.17, 15) is 15.0 Å². The van der Waals surface area contributed by atoms with Crippen LogP contribution in [0.1, 0.15) is 17.2 Å². The molecule has 0 aliphatic heterocycles. The van der Waals surface area contributed by atoms with Gasteiger partial charge in [-0.15, -0.1) is 0 Å². The van der Waals surface area contributed by atoms with Gasteiger partial charge in [0.2, 0.25) is 0 Å². The number of aryl methyl sites for hydroxylation is 1. The van der Waals surface area contributed by atoms with E-state index in [1.807, 2.05) is 0 Å². The first kappa shape index (κ1) is 12.0. The highest BCUT2D eigenvalue weighted by atomic mass is 79.9. The Kier molecular flexibility index (Phi) is 3.71. The van der Waals surface area contributed by atoms with Gasteiger partial charge in [-0.25, -0.2) is 4.79 Å². The fourth-order valence-electron chi connectivity index (χ4n) is 1.24. The van der Waals surface area contributed by atoms with Gasteiger partial charge < -0.3 is 14.9 Å². The average Bonchev–Trinajstić information content (AvgIpc) is 2.22. The van der Waals surface area contributed by atoms with Crippen molar-refractivity contribution in [3.63, 3.8) is 0 Å². The van der Waals surface area contributed by atoms with Crippen LogP contribution in [0.15, 0.2) is 16.6 Å². The van der Waals surface area contributed by atoms with E-state index in [-0.39, 0.29) is 5.75 Å². The normalized spacial score (nSPS) is 12.3. The predicted octanol–water partition coefficient (Wildman–Crippen LogP) is 1.67. The largest absolute Gasteiger partial charge is 0.507 e. The molecule has 0 amide bonds. The van der Waals surface area contributed by atoms with Gasteiger partial charge in [0.1, 0.15) is 5.75 Å². The first-order valence-electron chi connectivity index (χ1n) is 4.23. The Bertz CT molecular complexity index is 389. The van der Waals surface area contributed by atoms with Crippen molar-refractivity contribution in [2.45, 2.75) is 13.0 Å². The lowest BCUT2D eigenvalue weighted by molar-refractivity contribution is -0.150. The number of methoxy groups -OCH3 is 1. The molecule has 0 unspecified atom stereocenters. The van der Waals surface area contributed by atoms with Crippen molar-refractivity contribution < 1.29 is 19.7 Å². The minimum Gasteiger partial charge on any atom is -0.507 e. The molecule has 0 aromatic heterocycles. The molecule has 1 aromatic carbocycles. The van der Waals surface area contributed by atoms with Gasteiger partial charge in [-0.1, -0.05) is 6.07 Å². The summed E-state index contributed by atoms with van der Waals surface area (Å²) in [6.07, 6.45) is -1.39. The lowest BCUT2D eigenvalue weighted by atomic mass is 10.0. The molecule has 5 heteroatoms. The standard InChI is InChI=1S/C10H11BrO4/c1-5-3-4-6(12)8(11)7(5)9(13)10(14)15-2/h3-4,9,12-13H,1-2H3/t9-/m1/s1. The van der Waals surface area contributed by atoms with E-state index < -0.39 is 12.1 Å². The number of ether oxygens (including phenoxy) is 1. The second-order valence-corrected chi connectivity index (χ2v) is 3.85. The summed E-state index contributed by atoms with van der Waals surface area (Å²) in [4.78, 5) is 11.2. The van der Waals surface area contributed by atoms with E-state index in [0.717, 1.165) is 0 Å². The lowest BCUT2D eigenvalue weighted by Gasteiger charge is -2.14. The van der Waals surface area contributed by atoms with Crippen LogP contribution in [0.3, 0.4) is 0 Å². The first-order valence-corrected chi connectivity index (χ1v) is 5.02. The maximum absolute atomic E-state index is 11.2. The van der Waals surface area contributed by atoms with Crippen LogP contribution < -0.4 is 0 Å². The van der Waals surface area contributed by atoms with Crippen molar-refractivity contribution in [3.8, 4) is 5.75 Å². The first-order chi connectivity index (χ1) is 6.99. The van der Waals surface area contributed by atoms with E-state index in [1.165, 1.54) is 13.2 Å². The summed E-state index contributed by atoms with van der Waals surface area (Å²) < 4.78 is 4.73. The van der Waals surface area contributed by atoms with Crippen LogP contribution >= 0.6 is 15.9 Å². The number of carbonyl (C=O) groups is 1. The Morgan fingerprint density at radius 3 is 2.67 bits per heavy atom. The third kappa shape index (κ3) is 2.30. The molecule has 4 nitrogen and oxygen atoms in total. The van der Waals surface area contributed by atoms with Crippen LogP contribution in [0.4, 0.5) is 0 Å². The minimum atomic E-state index is -1.39. The van der Waals surface area contributed by atoms with Crippen molar-refractivity contribution in [1.82, 2.24) is 0 Å². The number of benzene rings is 1. The van der Waals surface area contributed by atoms with Crippen molar-refractivity contribution in [1.29, 1.82) is 0 Å². The number of aromatic hydroxyl groups is 1. The topological polar surface area (TPSA) is 66.8 Å². The lowest BCUT2D eigenvalue weighted by Crippen LogP contribution is -2.15. The number of carbonyl (C=O) groups excluding carboxylic acids is 1. The summed E-state index contributed by atoms with van der Waals surface area (Å²) in [5.74, 6) is -0.789. The van der Waals surface area contributed by atoms with Crippen molar-refractivity contribution >= 4 is 21.9 Å². The number of phenols is 1. The molecule has 0 bridgehead atoms. The zero-order valence-corrected chi connectivity index (χ0v) is 9.91. The van der Waals surface area contributed by atoms with E-state index in [2.05, 4.69) is 20.7 Å². The Labute approximate surface area is 95.6 Å². The van der Waals surface area contributed by atoms with Gasteiger partial charge in [0.15, 0.2) is 6.10 Å². The summed E-state index contributed by atoms with van der Waals surface area (Å²) in [7, 11) is 1.19. The van der Waals surface area contributed by atoms with E-state index in [4.69, 9.17) is 0 Å². The van der Waals surface area contributed by atoms with Gasteiger partial charge in [0.05, 0.1) is 11.6 Å². The van der Waals surface area contributed by atoms with E-state index >= 15 is 0 Å². The summed E-state index contributed by atoms with van der Waals surface area (Å²) in [5.41, 5.74) is 1.01. The summed E-state index contributed by atoms with van der Waals surface area (Å²) >= 11 is 3.11. The molecule has 15 heavy (non-hydrogen) atoms. The van der Waals surface area contributed by atoms with Gasteiger partial charge in [0, 0.05) is 5.56 Å². The summed E-state index contributed by atoms with van der Waals surface area (Å²) in [6, 6.07) is 3.09. The molecule has 1 aromatic rings. The molecule has 0 saturated carbocycles. The summed E-state index contributed by atoms with van der Waals surface area (Å²) in [6.45, 7) is 1.73. The van der Waals surface area contributed by atoms with Gasteiger partial charge >= 0.3 is 5.97 Å². The summed E-state index contributed by atoms with van der Waals surface area (Å²) in [5, 5.41) is 19.1. The van der Waals surface area contributed by atoms with Crippen LogP contribution in [0.5, 0.6) is 5.75 Å². The molecule has 1 atom stereocenters. The second-order valence-electron chi connectivity index (χ2n) is 3.05. The maximum Gasteiger partial charge on any atom is 0.339 e. The quantitative estimate of drug-likeness (QED) is 0.806. The highest BCUT2D eigenvalue weighted by Crippen LogP contribution is 2.34. The number of aliphatic hydroxyl groups excluding tert-OH is 1. The Morgan fingerprint density at radius 2 is 2.13 bits per heavy atom. The van der Waals surface area contributed by atoms with E-state index in [1.54, 1.807) is 13.0 Å². The Balaban J connectivity index is 3.24. The monoisotopic (exact) mass is 274 g/mol. The van der Waals surface area contributed by atoms with Crippen molar-refractivity contribution in [3.05, 3.63) is 27.7 Å². The molecule has 2 N–H and O–H groups in total. The SMILES string of the molecule is COC(=O)[C@H](O)c1c(C)ccc(O)c1Br. The number of aliphatic hydroxyl groups is 1. The maximum atomic E-state index is 11.2. The number of phenolic OH excluding ortho intramolecular Hbond substituents is 1. The van der Waals surface area contributed by atoms with Crippen molar-refractivity contribution in [2.75, 3.05) is 7.11 Å². The number of rotatable bonds is 2. The van der Waals surface area contributed by atoms with Crippen LogP contribution in [0.25, 0.3) is 0 Å². The molecule has 0 saturated heterocycles. The molecular weight excluding hydrogens is 264 g/mol. The Hall–Kier alpha value is -1.07. The number of halogens is 1. The smallest absolute Gasteiger partial charge is 0.339 e. The van der Waals surface area contributed by atoms with Crippen LogP contribution in [0, 0.1) is 6.92 Å². The van der Waals surface area contributed by atoms with Gasteiger partial charge in [-0.2, -0.15) is 0 Å². The number of esters is 1. The molecule has 0 fully saturated rings. The number of hydrogen-bond donors (Lipinski definition) is 2. The molecule has 0 aliphatic carbocycles. The highest BCUT2D eigenvalue weighted by molar-refractivity contribution is 9.10. The number of hydrogen-bond acceptors (Lipinski definition) is 4. The third-order valence-corrected chi connectivity index (χ3v) is 2.91.